The van der Waals surface area contributed by atoms with Crippen molar-refractivity contribution in [2.75, 3.05) is 120 Å². The van der Waals surface area contributed by atoms with Crippen molar-refractivity contribution >= 4 is 85.8 Å². The largest absolute Gasteiger partial charge is 0.508 e. The number of aryl methyl sites for hydroxylation is 5. The number of benzene rings is 2. The number of nitrogens with one attached hydrogen (secondary N) is 4. The number of phenols is 1. The zero-order chi connectivity index (χ0) is 91.3. The van der Waals surface area contributed by atoms with Crippen molar-refractivity contribution in [3.8, 4) is 39.5 Å². The number of allylic oxidation sites excluding steroid dienone is 1. The molecule has 3 fully saturated rings. The van der Waals surface area contributed by atoms with Crippen LogP contribution in [0.5, 0.6) is 5.75 Å². The van der Waals surface area contributed by atoms with Crippen molar-refractivity contribution in [1.82, 2.24) is 94.5 Å². The molecule has 3 saturated heterocycles. The summed E-state index contributed by atoms with van der Waals surface area (Å²) >= 11 is 0. The lowest BCUT2D eigenvalue weighted by atomic mass is 9.98. The topological polar surface area (TPSA) is 326 Å². The summed E-state index contributed by atoms with van der Waals surface area (Å²) < 4.78 is 6.98. The molecule has 13 heterocycles. The molecule has 5 N–H and O–H groups in total. The van der Waals surface area contributed by atoms with E-state index in [1.165, 1.54) is 22.8 Å². The Balaban J connectivity index is 0.000000164. The molecular formula is C98H121N23O7. The van der Waals surface area contributed by atoms with E-state index in [0.717, 1.165) is 178 Å². The number of hydrogen-bond acceptors (Lipinski definition) is 22. The van der Waals surface area contributed by atoms with Gasteiger partial charge < -0.3 is 55.8 Å². The number of amides is 4. The van der Waals surface area contributed by atoms with Crippen molar-refractivity contribution in [3.63, 3.8) is 0 Å². The van der Waals surface area contributed by atoms with Crippen LogP contribution in [0.4, 0.5) is 23.1 Å². The van der Waals surface area contributed by atoms with Gasteiger partial charge in [-0.3, -0.25) is 33.3 Å². The molecule has 0 saturated carbocycles. The highest BCUT2D eigenvalue weighted by Gasteiger charge is 2.28. The van der Waals surface area contributed by atoms with Crippen molar-refractivity contribution in [3.05, 3.63) is 225 Å². The summed E-state index contributed by atoms with van der Waals surface area (Å²) in [4.78, 5) is 122. The average molecular weight is 1730 g/mol. The minimum atomic E-state index is -0.368. The SMILES string of the molecule is C=CC(=O)Nc1cc(C)cc(CCC)c1CNC(=O)c1cc(-c2ccc(N3CCN(C)CC3)nc2)nc2c1cnn2C(C)C.C=CC(=O)n1c(C)cc(=O)c(CNC(=O)c2cc(-c3ccc(N4CCN(C)CC4)nc3)nc3c2cnn3C(C)C)c1CCC.CCCc1cc(C)cc(O)c1CNC(=O)c1cc(-c2ccc(N3CCN(C)CC3)nc2)nc2c1cnn2C(C)C. The smallest absolute Gasteiger partial charge is 0.254 e. The molecule has 0 radical (unpaired) electrons. The van der Waals surface area contributed by atoms with E-state index in [-0.39, 0.29) is 78.5 Å². The maximum Gasteiger partial charge on any atom is 0.254 e. The van der Waals surface area contributed by atoms with E-state index in [1.54, 1.807) is 48.5 Å². The molecule has 12 aromatic rings. The first kappa shape index (κ1) is 92.5. The summed E-state index contributed by atoms with van der Waals surface area (Å²) in [6.45, 7) is 43.3. The maximum absolute atomic E-state index is 13.9. The molecule has 3 aliphatic heterocycles. The van der Waals surface area contributed by atoms with Crippen LogP contribution in [0.15, 0.2) is 152 Å². The van der Waals surface area contributed by atoms with Gasteiger partial charge in [0.25, 0.3) is 23.6 Å². The third-order valence-corrected chi connectivity index (χ3v) is 23.7. The molecule has 15 rings (SSSR count). The fourth-order valence-corrected chi connectivity index (χ4v) is 16.6. The van der Waals surface area contributed by atoms with Crippen LogP contribution in [0.3, 0.4) is 0 Å². The van der Waals surface area contributed by atoms with E-state index in [9.17, 15) is 33.9 Å². The van der Waals surface area contributed by atoms with Gasteiger partial charge in [0.05, 0.1) is 68.5 Å². The van der Waals surface area contributed by atoms with Crippen molar-refractivity contribution in [2.45, 2.75) is 159 Å². The Hall–Kier alpha value is -13.2. The van der Waals surface area contributed by atoms with Gasteiger partial charge in [-0.25, -0.2) is 43.9 Å². The fraction of sp³-hybridized carbons (Fsp3) is 0.398. The number of phenolic OH excluding ortho intramolecular Hbond substituents is 1. The number of pyridine rings is 7. The lowest BCUT2D eigenvalue weighted by Crippen LogP contribution is -2.44. The van der Waals surface area contributed by atoms with Crippen molar-refractivity contribution < 1.29 is 29.1 Å². The van der Waals surface area contributed by atoms with Crippen LogP contribution in [-0.4, -0.2) is 213 Å². The summed E-state index contributed by atoms with van der Waals surface area (Å²) in [6, 6.07) is 26.9. The lowest BCUT2D eigenvalue weighted by Gasteiger charge is -2.33. The van der Waals surface area contributed by atoms with Gasteiger partial charge in [-0.2, -0.15) is 15.3 Å². The Bertz CT molecular complexity index is 6100. The van der Waals surface area contributed by atoms with Crippen LogP contribution >= 0.6 is 0 Å². The molecule has 128 heavy (non-hydrogen) atoms. The zero-order valence-electron chi connectivity index (χ0n) is 76.6. The number of piperazine rings is 3. The van der Waals surface area contributed by atoms with Gasteiger partial charge in [0.1, 0.15) is 23.2 Å². The molecule has 30 nitrogen and oxygen atoms in total. The molecule has 4 amide bonds. The Labute approximate surface area is 748 Å². The van der Waals surface area contributed by atoms with Gasteiger partial charge in [0, 0.05) is 186 Å². The van der Waals surface area contributed by atoms with Crippen LogP contribution in [-0.2, 0) is 43.7 Å². The highest BCUT2D eigenvalue weighted by Crippen LogP contribution is 2.34. The number of aromatic nitrogens is 13. The second-order valence-corrected chi connectivity index (χ2v) is 34.3. The number of rotatable bonds is 27. The molecule has 10 aromatic heterocycles. The quantitative estimate of drug-likeness (QED) is 0.0299. The minimum absolute atomic E-state index is 0.0221. The van der Waals surface area contributed by atoms with E-state index < -0.39 is 0 Å². The molecule has 670 valence electrons. The predicted octanol–water partition coefficient (Wildman–Crippen LogP) is 13.9. The second-order valence-electron chi connectivity index (χ2n) is 34.3. The lowest BCUT2D eigenvalue weighted by molar-refractivity contribution is -0.111. The van der Waals surface area contributed by atoms with E-state index >= 15 is 0 Å². The first-order chi connectivity index (χ1) is 61.5. The highest BCUT2D eigenvalue weighted by molar-refractivity contribution is 6.09. The number of hydrogen-bond donors (Lipinski definition) is 5. The Morgan fingerprint density at radius 2 is 0.805 bits per heavy atom. The molecule has 0 bridgehead atoms. The second kappa shape index (κ2) is 41.5. The summed E-state index contributed by atoms with van der Waals surface area (Å²) in [5.74, 6) is 1.56. The minimum Gasteiger partial charge on any atom is -0.508 e. The molecule has 0 atom stereocenters. The summed E-state index contributed by atoms with van der Waals surface area (Å²) in [7, 11) is 6.39. The summed E-state index contributed by atoms with van der Waals surface area (Å²) in [5, 5.41) is 38.3. The number of fused-ring (bicyclic) bond motifs is 3. The Morgan fingerprint density at radius 3 is 1.15 bits per heavy atom. The van der Waals surface area contributed by atoms with E-state index in [2.05, 4.69) is 126 Å². The van der Waals surface area contributed by atoms with E-state index in [1.807, 2.05) is 139 Å². The van der Waals surface area contributed by atoms with Crippen LogP contribution in [0, 0.1) is 20.8 Å². The molecule has 0 aliphatic carbocycles. The third-order valence-electron chi connectivity index (χ3n) is 23.7. The number of anilines is 4. The average Bonchev–Trinajstić information content (AvgIpc) is 1.60. The zero-order valence-corrected chi connectivity index (χ0v) is 76.6. The number of nitrogens with zero attached hydrogens (tertiary/aromatic N) is 19. The standard InChI is InChI=1S/C34H42N8O2.C33H40N8O3.C31H39N7O2/c1-7-9-24-16-23(5)17-30(38-32(43)8-2)27(24)20-36-34(44)26-18-29(39-33-28(26)21-37-42(33)22(3)4)25-10-11-31(35-19-25)41-14-12-40(6)13-15-41;1-7-9-28-26(29(42)16-22(5)40(28)31(43)8-2)19-35-33(44)24-17-27(37-32-25(24)20-36-41(32)21(3)4)23-10-11-30(34-18-23)39-14-12-38(6)13-15-39;1-6-7-22-14-21(4)15-28(39)25(22)18-33-31(40)24-16-27(35-30-26(24)19-34-38(30)20(2)3)23-8-9-29(32-17-23)37-12-10-36(5)11-13-37/h8,10-11,16-19,21-22H,2,7,9,12-15,20H2,1,3-6H3,(H,36,44)(H,38,43);8,10-11,16-18,20-21H,2,7,9,12-15,19H2,1,3-6H3,(H,35,44);8-9,14-17,19-20,39H,6-7,10-13,18H2,1-5H3,(H,33,40). The number of likely N-dealkylation sites (N-methyl/N-ethyl adjacent to an activating group) is 3. The molecule has 0 unspecified atom stereocenters. The van der Waals surface area contributed by atoms with Gasteiger partial charge in [-0.15, -0.1) is 0 Å². The normalized spacial score (nSPS) is 14.0. The first-order valence-corrected chi connectivity index (χ1v) is 44.5. The van der Waals surface area contributed by atoms with Crippen LogP contribution in [0.2, 0.25) is 0 Å². The van der Waals surface area contributed by atoms with Crippen molar-refractivity contribution in [2.24, 2.45) is 0 Å². The predicted molar refractivity (Wildman–Crippen MR) is 507 cm³/mol. The van der Waals surface area contributed by atoms with Crippen LogP contribution in [0.1, 0.15) is 186 Å². The molecule has 30 heteroatoms. The van der Waals surface area contributed by atoms with Crippen LogP contribution < -0.4 is 41.4 Å². The number of carbonyl (C=O) groups is 5. The third kappa shape index (κ3) is 21.2. The van der Waals surface area contributed by atoms with Crippen LogP contribution in [0.25, 0.3) is 66.9 Å². The summed E-state index contributed by atoms with van der Waals surface area (Å²) in [6.07, 6.45) is 17.8. The van der Waals surface area contributed by atoms with Gasteiger partial charge in [0.2, 0.25) is 5.91 Å². The molecule has 3 aliphatic rings. The maximum atomic E-state index is 13.9. The number of carbonyl (C=O) groups excluding carboxylic acids is 5. The first-order valence-electron chi connectivity index (χ1n) is 44.5. The number of aromatic hydroxyl groups is 1. The highest BCUT2D eigenvalue weighted by atomic mass is 16.3. The van der Waals surface area contributed by atoms with E-state index in [4.69, 9.17) is 29.9 Å². The molecular weight excluding hydrogens is 1610 g/mol. The molecule has 0 spiro atoms. The van der Waals surface area contributed by atoms with Gasteiger partial charge in [-0.1, -0.05) is 65.3 Å². The van der Waals surface area contributed by atoms with Gasteiger partial charge >= 0.3 is 0 Å². The monoisotopic (exact) mass is 1730 g/mol. The fourth-order valence-electron chi connectivity index (χ4n) is 16.6. The summed E-state index contributed by atoms with van der Waals surface area (Å²) in [5.41, 5.74) is 15.4. The Morgan fingerprint density at radius 1 is 0.445 bits per heavy atom. The van der Waals surface area contributed by atoms with Gasteiger partial charge in [-0.05, 0) is 209 Å². The van der Waals surface area contributed by atoms with Gasteiger partial charge in [0.15, 0.2) is 22.4 Å². The Kier molecular flexibility index (Phi) is 30.0. The van der Waals surface area contributed by atoms with Crippen molar-refractivity contribution in [1.29, 1.82) is 0 Å². The van der Waals surface area contributed by atoms with E-state index in [0.29, 0.717) is 95.9 Å². The molecule has 2 aromatic carbocycles.